The molecule has 368 valence electrons. The van der Waals surface area contributed by atoms with Crippen molar-refractivity contribution >= 4 is 19.8 Å². The van der Waals surface area contributed by atoms with Crippen molar-refractivity contribution < 1.29 is 46.8 Å². The molecule has 63 heavy (non-hydrogen) atoms. The zero-order valence-electron chi connectivity index (χ0n) is 41.2. The lowest BCUT2D eigenvalue weighted by molar-refractivity contribution is -0.870. The molecule has 0 radical (unpaired) electrons. The topological polar surface area (TPSA) is 124 Å². The van der Waals surface area contributed by atoms with Gasteiger partial charge in [-0.25, -0.2) is 0 Å². The van der Waals surface area contributed by atoms with E-state index < -0.39 is 32.5 Å². The number of ether oxygens (including phenoxy) is 3. The quantitative estimate of drug-likeness (QED) is 0.0147. The van der Waals surface area contributed by atoms with Gasteiger partial charge in [-0.3, -0.25) is 14.2 Å². The fraction of sp³-hybridized carbons (Fsp3) is 0.846. The van der Waals surface area contributed by atoms with Gasteiger partial charge < -0.3 is 32.6 Å². The van der Waals surface area contributed by atoms with E-state index in [9.17, 15) is 19.0 Å². The number of quaternary nitrogens is 1. The number of esters is 2. The van der Waals surface area contributed by atoms with Crippen molar-refractivity contribution in [2.24, 2.45) is 0 Å². The van der Waals surface area contributed by atoms with Crippen LogP contribution in [0.4, 0.5) is 0 Å². The molecular formula is C52H96NO9P. The molecule has 0 aromatic carbocycles. The molecule has 0 saturated carbocycles. The van der Waals surface area contributed by atoms with Gasteiger partial charge in [-0.1, -0.05) is 198 Å². The van der Waals surface area contributed by atoms with Crippen LogP contribution in [0.2, 0.25) is 0 Å². The van der Waals surface area contributed by atoms with Crippen LogP contribution in [0.5, 0.6) is 0 Å². The average molecular weight is 910 g/mol. The smallest absolute Gasteiger partial charge is 0.306 e. The third-order valence-electron chi connectivity index (χ3n) is 11.6. The molecule has 0 aliphatic carbocycles. The third-order valence-corrected chi connectivity index (χ3v) is 12.6. The minimum atomic E-state index is -4.65. The predicted octanol–water partition coefficient (Wildman–Crippen LogP) is 13.6. The SMILES string of the molecule is CCCCCCCCCCCCCCCCCCCCCCCC(=O)OC[C@H](COP(=O)([O-])OCC[N+](C)(C)C)OC(=O)CCC/C=C\C/C=C\C/C=C\CC1OC1CCCCC. The normalized spacial score (nSPS) is 16.9. The van der Waals surface area contributed by atoms with Gasteiger partial charge in [0.05, 0.1) is 40.0 Å². The molecule has 0 amide bonds. The largest absolute Gasteiger partial charge is 0.756 e. The molecule has 0 aromatic rings. The minimum Gasteiger partial charge on any atom is -0.756 e. The van der Waals surface area contributed by atoms with Crippen molar-refractivity contribution in [3.63, 3.8) is 0 Å². The number of nitrogens with zero attached hydrogens (tertiary/aromatic N) is 1. The van der Waals surface area contributed by atoms with Crippen LogP contribution in [-0.4, -0.2) is 82.2 Å². The summed E-state index contributed by atoms with van der Waals surface area (Å²) in [6.07, 6.45) is 49.3. The van der Waals surface area contributed by atoms with E-state index in [0.29, 0.717) is 36.1 Å². The summed E-state index contributed by atoms with van der Waals surface area (Å²) in [7, 11) is 1.13. The molecule has 1 aliphatic rings. The molecule has 1 aliphatic heterocycles. The molecule has 1 saturated heterocycles. The van der Waals surface area contributed by atoms with Crippen LogP contribution in [-0.2, 0) is 37.4 Å². The standard InChI is InChI=1S/C52H96NO9P/c1-6-8-10-11-12-13-14-15-16-17-18-19-20-21-22-23-24-28-31-34-38-42-51(54)58-46-48(47-60-63(56,57)59-45-44-53(3,4)5)61-52(55)43-39-35-32-29-26-25-27-30-33-37-41-50-49(62-50)40-36-9-7-2/h25,27,29,32-33,37,48-50H,6-24,26,28,30-31,34-36,38-47H2,1-5H3/b27-25-,32-29-,37-33-/t48-,49?,50?/m1/s1. The maximum absolute atomic E-state index is 12.7. The van der Waals surface area contributed by atoms with Crippen molar-refractivity contribution in [2.45, 2.75) is 238 Å². The second-order valence-electron chi connectivity index (χ2n) is 18.9. The van der Waals surface area contributed by atoms with E-state index in [1.165, 1.54) is 141 Å². The monoisotopic (exact) mass is 910 g/mol. The van der Waals surface area contributed by atoms with Crippen molar-refractivity contribution in [2.75, 3.05) is 47.5 Å². The fourth-order valence-corrected chi connectivity index (χ4v) is 8.18. The summed E-state index contributed by atoms with van der Waals surface area (Å²) in [5.74, 6) is -0.896. The average Bonchev–Trinajstić information content (AvgIpc) is 3.99. The Labute approximate surface area is 386 Å². The van der Waals surface area contributed by atoms with E-state index in [2.05, 4.69) is 44.2 Å². The van der Waals surface area contributed by atoms with E-state index in [1.54, 1.807) is 0 Å². The minimum absolute atomic E-state index is 0.0422. The first-order valence-corrected chi connectivity index (χ1v) is 27.3. The molecule has 0 bridgehead atoms. The first kappa shape index (κ1) is 59.2. The summed E-state index contributed by atoms with van der Waals surface area (Å²) >= 11 is 0. The molecule has 1 fully saturated rings. The van der Waals surface area contributed by atoms with Gasteiger partial charge >= 0.3 is 11.9 Å². The first-order valence-electron chi connectivity index (χ1n) is 25.8. The van der Waals surface area contributed by atoms with Crippen LogP contribution >= 0.6 is 7.82 Å². The Hall–Kier alpha value is -1.81. The highest BCUT2D eigenvalue weighted by Gasteiger charge is 2.36. The lowest BCUT2D eigenvalue weighted by Gasteiger charge is -2.28. The van der Waals surface area contributed by atoms with E-state index >= 15 is 0 Å². The zero-order valence-corrected chi connectivity index (χ0v) is 42.1. The number of rotatable bonds is 46. The Morgan fingerprint density at radius 2 is 1.06 bits per heavy atom. The number of unbranched alkanes of at least 4 members (excludes halogenated alkanes) is 23. The summed E-state index contributed by atoms with van der Waals surface area (Å²) in [5.41, 5.74) is 0. The highest BCUT2D eigenvalue weighted by molar-refractivity contribution is 7.45. The predicted molar refractivity (Wildman–Crippen MR) is 258 cm³/mol. The number of likely N-dealkylation sites (N-methyl/N-ethyl adjacent to an activating group) is 1. The first-order chi connectivity index (χ1) is 30.5. The van der Waals surface area contributed by atoms with Gasteiger partial charge in [-0.05, 0) is 44.9 Å². The molecule has 1 rings (SSSR count). The Bertz CT molecular complexity index is 1230. The highest BCUT2D eigenvalue weighted by atomic mass is 31.2. The van der Waals surface area contributed by atoms with E-state index in [-0.39, 0.29) is 26.1 Å². The number of phosphoric acid groups is 1. The molecule has 0 spiro atoms. The molecule has 1 heterocycles. The number of phosphoric ester groups is 1. The zero-order chi connectivity index (χ0) is 46.1. The Kier molecular flexibility index (Phi) is 38.0. The van der Waals surface area contributed by atoms with Gasteiger partial charge in [0.1, 0.15) is 19.8 Å². The van der Waals surface area contributed by atoms with Crippen molar-refractivity contribution in [3.05, 3.63) is 36.5 Å². The van der Waals surface area contributed by atoms with Crippen LogP contribution in [0, 0.1) is 0 Å². The number of carbonyl (C=O) groups is 2. The second kappa shape index (κ2) is 40.5. The lowest BCUT2D eigenvalue weighted by Crippen LogP contribution is -2.37. The number of hydrogen-bond acceptors (Lipinski definition) is 9. The second-order valence-corrected chi connectivity index (χ2v) is 20.3. The third kappa shape index (κ3) is 41.4. The molecule has 10 nitrogen and oxygen atoms in total. The highest BCUT2D eigenvalue weighted by Crippen LogP contribution is 2.38. The van der Waals surface area contributed by atoms with E-state index in [4.69, 9.17) is 23.3 Å². The van der Waals surface area contributed by atoms with Crippen LogP contribution in [0.3, 0.4) is 0 Å². The fourth-order valence-electron chi connectivity index (χ4n) is 7.45. The Morgan fingerprint density at radius 1 is 0.587 bits per heavy atom. The van der Waals surface area contributed by atoms with Crippen LogP contribution in [0.25, 0.3) is 0 Å². The molecule has 3 unspecified atom stereocenters. The van der Waals surface area contributed by atoms with Gasteiger partial charge in [0.2, 0.25) is 0 Å². The summed E-state index contributed by atoms with van der Waals surface area (Å²) in [4.78, 5) is 37.7. The van der Waals surface area contributed by atoms with Gasteiger partial charge in [0, 0.05) is 12.8 Å². The Morgan fingerprint density at radius 3 is 1.60 bits per heavy atom. The van der Waals surface area contributed by atoms with Gasteiger partial charge in [0.15, 0.2) is 6.10 Å². The molecule has 0 N–H and O–H groups in total. The van der Waals surface area contributed by atoms with E-state index in [1.807, 2.05) is 27.2 Å². The maximum Gasteiger partial charge on any atom is 0.306 e. The van der Waals surface area contributed by atoms with Crippen LogP contribution < -0.4 is 4.89 Å². The Balaban J connectivity index is 2.22. The summed E-state index contributed by atoms with van der Waals surface area (Å²) in [6, 6.07) is 0. The number of epoxide rings is 1. The molecule has 11 heteroatoms. The van der Waals surface area contributed by atoms with Crippen molar-refractivity contribution in [1.29, 1.82) is 0 Å². The summed E-state index contributed by atoms with van der Waals surface area (Å²) in [5, 5.41) is 0. The summed E-state index contributed by atoms with van der Waals surface area (Å²) < 4.78 is 39.7. The number of carbonyl (C=O) groups excluding carboxylic acids is 2. The summed E-state index contributed by atoms with van der Waals surface area (Å²) in [6.45, 7) is 4.16. The number of allylic oxidation sites excluding steroid dienone is 5. The molecule has 0 aromatic heterocycles. The van der Waals surface area contributed by atoms with Crippen molar-refractivity contribution in [3.8, 4) is 0 Å². The van der Waals surface area contributed by atoms with Crippen LogP contribution in [0.1, 0.15) is 219 Å². The van der Waals surface area contributed by atoms with Crippen LogP contribution in [0.15, 0.2) is 36.5 Å². The van der Waals surface area contributed by atoms with Gasteiger partial charge in [-0.15, -0.1) is 0 Å². The van der Waals surface area contributed by atoms with Crippen molar-refractivity contribution in [1.82, 2.24) is 0 Å². The number of hydrogen-bond donors (Lipinski definition) is 0. The molecular weight excluding hydrogens is 814 g/mol. The maximum atomic E-state index is 12.7. The van der Waals surface area contributed by atoms with Gasteiger partial charge in [0.25, 0.3) is 7.82 Å². The van der Waals surface area contributed by atoms with Gasteiger partial charge in [-0.2, -0.15) is 0 Å². The molecule has 4 atom stereocenters. The van der Waals surface area contributed by atoms with E-state index in [0.717, 1.165) is 38.5 Å². The lowest BCUT2D eigenvalue weighted by atomic mass is 10.0.